The second-order valence-corrected chi connectivity index (χ2v) is 11.0. The third kappa shape index (κ3) is 4.39. The van der Waals surface area contributed by atoms with E-state index in [1.165, 1.54) is 11.3 Å². The van der Waals surface area contributed by atoms with Crippen LogP contribution in [-0.2, 0) is 16.6 Å². The second-order valence-electron chi connectivity index (χ2n) is 8.24. The molecule has 2 aliphatic rings. The van der Waals surface area contributed by atoms with E-state index in [4.69, 9.17) is 4.74 Å². The molecule has 0 spiro atoms. The molecule has 9 heteroatoms. The van der Waals surface area contributed by atoms with Gasteiger partial charge in [-0.2, -0.15) is 15.6 Å². The number of aromatic carboxylic acids is 1. The molecule has 5 rings (SSSR count). The van der Waals surface area contributed by atoms with Gasteiger partial charge in [-0.3, -0.25) is 4.90 Å². The first-order chi connectivity index (χ1) is 16.4. The average Bonchev–Trinajstić information content (AvgIpc) is 3.35. The van der Waals surface area contributed by atoms with Gasteiger partial charge in [0.05, 0.1) is 10.5 Å². The Morgan fingerprint density at radius 1 is 1.06 bits per heavy atom. The van der Waals surface area contributed by atoms with Crippen LogP contribution in [0.2, 0.25) is 0 Å². The topological polar surface area (TPSA) is 87.2 Å². The zero-order valence-electron chi connectivity index (χ0n) is 18.4. The summed E-state index contributed by atoms with van der Waals surface area (Å²) in [6, 6.07) is 14.6. The summed E-state index contributed by atoms with van der Waals surface area (Å²) in [5, 5.41) is 13.0. The molecule has 0 bridgehead atoms. The third-order valence-electron chi connectivity index (χ3n) is 6.23. The van der Waals surface area contributed by atoms with Crippen molar-refractivity contribution in [3.63, 3.8) is 0 Å². The highest BCUT2D eigenvalue weighted by molar-refractivity contribution is 7.89. The van der Waals surface area contributed by atoms with Crippen LogP contribution < -0.4 is 4.74 Å². The maximum absolute atomic E-state index is 12.8. The number of benzene rings is 2. The van der Waals surface area contributed by atoms with E-state index >= 15 is 0 Å². The smallest absolute Gasteiger partial charge is 0.335 e. The lowest BCUT2D eigenvalue weighted by atomic mass is 9.93. The molecule has 2 aromatic carbocycles. The number of hydrogen-bond acceptors (Lipinski definition) is 6. The molecule has 0 saturated carbocycles. The number of carboxylic acids is 1. The molecule has 1 fully saturated rings. The van der Waals surface area contributed by atoms with E-state index in [1.807, 2.05) is 24.3 Å². The van der Waals surface area contributed by atoms with Crippen molar-refractivity contribution in [1.82, 2.24) is 9.21 Å². The average molecular weight is 497 g/mol. The van der Waals surface area contributed by atoms with Crippen molar-refractivity contribution in [3.8, 4) is 5.75 Å². The van der Waals surface area contributed by atoms with Gasteiger partial charge in [-0.05, 0) is 46.3 Å². The Bertz CT molecular complexity index is 1340. The van der Waals surface area contributed by atoms with E-state index in [0.717, 1.165) is 22.3 Å². The van der Waals surface area contributed by atoms with Gasteiger partial charge in [0.1, 0.15) is 12.4 Å². The number of nitrogens with zero attached hydrogens (tertiary/aromatic N) is 2. The molecule has 2 aliphatic heterocycles. The first-order valence-electron chi connectivity index (χ1n) is 11.0. The largest absolute Gasteiger partial charge is 0.488 e. The van der Waals surface area contributed by atoms with Crippen molar-refractivity contribution in [2.75, 3.05) is 32.7 Å². The molecule has 34 heavy (non-hydrogen) atoms. The number of hydrogen-bond donors (Lipinski definition) is 1. The van der Waals surface area contributed by atoms with E-state index in [9.17, 15) is 18.3 Å². The molecule has 176 valence electrons. The Labute approximate surface area is 202 Å². The summed E-state index contributed by atoms with van der Waals surface area (Å²) in [6.07, 6.45) is 2.10. The number of ether oxygens (including phenoxy) is 1. The van der Waals surface area contributed by atoms with E-state index in [1.54, 1.807) is 39.3 Å². The fraction of sp³-hybridized carbons (Fsp3) is 0.240. The summed E-state index contributed by atoms with van der Waals surface area (Å²) in [4.78, 5) is 14.2. The summed E-state index contributed by atoms with van der Waals surface area (Å²) < 4.78 is 33.1. The first kappa shape index (κ1) is 22.8. The molecule has 1 N–H and O–H groups in total. The Morgan fingerprint density at radius 3 is 2.59 bits per heavy atom. The van der Waals surface area contributed by atoms with Gasteiger partial charge in [0.2, 0.25) is 10.0 Å². The van der Waals surface area contributed by atoms with Crippen LogP contribution >= 0.6 is 11.3 Å². The molecule has 7 nitrogen and oxygen atoms in total. The van der Waals surface area contributed by atoms with Gasteiger partial charge in [-0.25, -0.2) is 13.2 Å². The molecule has 0 unspecified atom stereocenters. The Hall–Kier alpha value is -2.98. The maximum Gasteiger partial charge on any atom is 0.335 e. The number of carbonyl (C=O) groups is 1. The monoisotopic (exact) mass is 496 g/mol. The lowest BCUT2D eigenvalue weighted by Crippen LogP contribution is -2.48. The van der Waals surface area contributed by atoms with Crippen molar-refractivity contribution in [2.45, 2.75) is 11.5 Å². The van der Waals surface area contributed by atoms with E-state index in [-0.39, 0.29) is 5.56 Å². The van der Waals surface area contributed by atoms with Crippen LogP contribution in [0.1, 0.15) is 27.0 Å². The van der Waals surface area contributed by atoms with Crippen molar-refractivity contribution >= 4 is 32.9 Å². The normalized spacial score (nSPS) is 18.1. The van der Waals surface area contributed by atoms with Crippen LogP contribution in [0.25, 0.3) is 5.57 Å². The summed E-state index contributed by atoms with van der Waals surface area (Å²) in [6.45, 7) is 3.13. The molecule has 0 aliphatic carbocycles. The predicted octanol–water partition coefficient (Wildman–Crippen LogP) is 3.78. The van der Waals surface area contributed by atoms with Gasteiger partial charge in [-0.1, -0.05) is 30.3 Å². The molecule has 3 heterocycles. The van der Waals surface area contributed by atoms with Gasteiger partial charge in [0, 0.05) is 43.7 Å². The highest BCUT2D eigenvalue weighted by Crippen LogP contribution is 2.37. The molecular weight excluding hydrogens is 472 g/mol. The summed E-state index contributed by atoms with van der Waals surface area (Å²) in [5.74, 6) is -0.332. The molecule has 3 aromatic rings. The Kier molecular flexibility index (Phi) is 6.26. The fourth-order valence-corrected chi connectivity index (χ4v) is 6.79. The van der Waals surface area contributed by atoms with E-state index < -0.39 is 16.0 Å². The SMILES string of the molecule is O=C(O)c1ccc2c(c1)C(=CCN1CCN(S(=O)(=O)c3ccsc3)CC1)c1ccccc1CO2. The Balaban J connectivity index is 1.40. The lowest BCUT2D eigenvalue weighted by Gasteiger charge is -2.33. The van der Waals surface area contributed by atoms with Gasteiger partial charge in [0.15, 0.2) is 0 Å². The van der Waals surface area contributed by atoms with Crippen molar-refractivity contribution in [2.24, 2.45) is 0 Å². The summed E-state index contributed by atoms with van der Waals surface area (Å²) in [5.41, 5.74) is 3.94. The van der Waals surface area contributed by atoms with Crippen LogP contribution in [0.4, 0.5) is 0 Å². The molecule has 0 amide bonds. The zero-order valence-corrected chi connectivity index (χ0v) is 20.0. The minimum Gasteiger partial charge on any atom is -0.488 e. The zero-order chi connectivity index (χ0) is 23.7. The number of fused-ring (bicyclic) bond motifs is 2. The number of thiophene rings is 1. The van der Waals surface area contributed by atoms with Gasteiger partial charge < -0.3 is 9.84 Å². The molecule has 1 saturated heterocycles. The minimum atomic E-state index is -3.45. The van der Waals surface area contributed by atoms with Gasteiger partial charge >= 0.3 is 5.97 Å². The van der Waals surface area contributed by atoms with Gasteiger partial charge in [-0.15, -0.1) is 0 Å². The Morgan fingerprint density at radius 2 is 1.85 bits per heavy atom. The number of sulfonamides is 1. The number of piperazine rings is 1. The first-order valence-corrected chi connectivity index (χ1v) is 13.4. The second kappa shape index (κ2) is 9.34. The minimum absolute atomic E-state index is 0.208. The van der Waals surface area contributed by atoms with Crippen molar-refractivity contribution in [3.05, 3.63) is 87.6 Å². The van der Waals surface area contributed by atoms with Crippen LogP contribution in [0.5, 0.6) is 5.75 Å². The highest BCUT2D eigenvalue weighted by Gasteiger charge is 2.29. The van der Waals surface area contributed by atoms with E-state index in [0.29, 0.717) is 50.0 Å². The molecule has 0 atom stereocenters. The van der Waals surface area contributed by atoms with Crippen molar-refractivity contribution in [1.29, 1.82) is 0 Å². The maximum atomic E-state index is 12.8. The molecule has 1 aromatic heterocycles. The summed E-state index contributed by atoms with van der Waals surface area (Å²) >= 11 is 1.38. The molecular formula is C25H24N2O5S2. The molecule has 0 radical (unpaired) electrons. The predicted molar refractivity (Wildman–Crippen MR) is 131 cm³/mol. The lowest BCUT2D eigenvalue weighted by molar-refractivity contribution is 0.0696. The van der Waals surface area contributed by atoms with Gasteiger partial charge in [0.25, 0.3) is 0 Å². The van der Waals surface area contributed by atoms with Crippen LogP contribution in [-0.4, -0.2) is 61.4 Å². The van der Waals surface area contributed by atoms with Crippen LogP contribution in [0.3, 0.4) is 0 Å². The number of rotatable bonds is 5. The third-order valence-corrected chi connectivity index (χ3v) is 8.95. The highest BCUT2D eigenvalue weighted by atomic mass is 32.2. The standard InChI is InChI=1S/C25H24N2O5S2/c28-25(29)18-5-6-24-23(15-18)22(21-4-2-1-3-19(21)16-32-24)7-9-26-10-12-27(13-11-26)34(30,31)20-8-14-33-17-20/h1-8,14-15,17H,9-13,16H2,(H,28,29). The summed E-state index contributed by atoms with van der Waals surface area (Å²) in [7, 11) is -3.45. The van der Waals surface area contributed by atoms with E-state index in [2.05, 4.69) is 11.0 Å². The fourth-order valence-electron chi connectivity index (χ4n) is 4.35. The van der Waals surface area contributed by atoms with Crippen LogP contribution in [0.15, 0.2) is 70.3 Å². The van der Waals surface area contributed by atoms with Crippen molar-refractivity contribution < 1.29 is 23.1 Å². The quantitative estimate of drug-likeness (QED) is 0.579. The number of carboxylic acid groups (broad SMARTS) is 1. The van der Waals surface area contributed by atoms with Crippen LogP contribution in [0, 0.1) is 0 Å².